The van der Waals surface area contributed by atoms with Gasteiger partial charge >= 0.3 is 0 Å². The lowest BCUT2D eigenvalue weighted by atomic mass is 10.3. The summed E-state index contributed by atoms with van der Waals surface area (Å²) in [6.45, 7) is 0.678. The number of anilines is 1. The first-order valence-electron chi connectivity index (χ1n) is 5.20. The Morgan fingerprint density at radius 1 is 1.28 bits per heavy atom. The number of nitrogens with zero attached hydrogens (tertiary/aromatic N) is 5. The second-order valence-corrected chi connectivity index (χ2v) is 4.52. The number of fused-ring (bicyclic) bond motifs is 1. The Kier molecular flexibility index (Phi) is 3.68. The van der Waals surface area contributed by atoms with Gasteiger partial charge in [-0.2, -0.15) is 10.5 Å². The van der Waals surface area contributed by atoms with Crippen LogP contribution < -0.4 is 5.73 Å². The maximum absolute atomic E-state index is 8.67. The topological polar surface area (TPSA) is 103 Å². The third-order valence-electron chi connectivity index (χ3n) is 2.35. The first-order valence-corrected chi connectivity index (χ1v) is 6.08. The molecule has 2 aromatic heterocycles. The van der Waals surface area contributed by atoms with Gasteiger partial charge < -0.3 is 5.73 Å². The van der Waals surface area contributed by atoms with Crippen LogP contribution in [0.5, 0.6) is 0 Å². The van der Waals surface area contributed by atoms with Crippen LogP contribution in [0.3, 0.4) is 0 Å². The molecule has 2 N–H and O–H groups in total. The minimum absolute atomic E-state index is 0.166. The standard InChI is InChI=1S/C11H10N6S/c12-2-4-17(5-3-13)7-9-15-10(14)8-1-6-18-11(8)16-9/h1,6H,4-5,7H2,(H2,14,15,16). The lowest BCUT2D eigenvalue weighted by Gasteiger charge is -2.13. The third-order valence-corrected chi connectivity index (χ3v) is 3.16. The lowest BCUT2D eigenvalue weighted by molar-refractivity contribution is 0.326. The van der Waals surface area contributed by atoms with Crippen molar-refractivity contribution in [1.29, 1.82) is 10.5 Å². The molecule has 6 nitrogen and oxygen atoms in total. The summed E-state index contributed by atoms with van der Waals surface area (Å²) in [6.07, 6.45) is 0. The molecule has 0 atom stereocenters. The van der Waals surface area contributed by atoms with Gasteiger partial charge in [0.25, 0.3) is 0 Å². The smallest absolute Gasteiger partial charge is 0.146 e. The molecule has 0 unspecified atom stereocenters. The number of hydrogen-bond donors (Lipinski definition) is 1. The highest BCUT2D eigenvalue weighted by atomic mass is 32.1. The molecule has 0 aliphatic rings. The number of nitrogen functional groups attached to an aromatic ring is 1. The Morgan fingerprint density at radius 2 is 2.00 bits per heavy atom. The van der Waals surface area contributed by atoms with Gasteiger partial charge in [-0.05, 0) is 11.4 Å². The van der Waals surface area contributed by atoms with Gasteiger partial charge in [0.15, 0.2) is 0 Å². The normalized spacial score (nSPS) is 10.4. The van der Waals surface area contributed by atoms with E-state index in [4.69, 9.17) is 16.3 Å². The van der Waals surface area contributed by atoms with Gasteiger partial charge in [-0.1, -0.05) is 0 Å². The summed E-state index contributed by atoms with van der Waals surface area (Å²) < 4.78 is 0. The maximum Gasteiger partial charge on any atom is 0.146 e. The Bertz CT molecular complexity index is 619. The third kappa shape index (κ3) is 2.54. The Labute approximate surface area is 108 Å². The van der Waals surface area contributed by atoms with Crippen LogP contribution in [0.2, 0.25) is 0 Å². The average Bonchev–Trinajstić information content (AvgIpc) is 2.78. The van der Waals surface area contributed by atoms with Crippen molar-refractivity contribution in [3.05, 3.63) is 17.3 Å². The van der Waals surface area contributed by atoms with Gasteiger partial charge in [0.2, 0.25) is 0 Å². The fourth-order valence-electron chi connectivity index (χ4n) is 1.56. The second kappa shape index (κ2) is 5.41. The van der Waals surface area contributed by atoms with Gasteiger partial charge in [0.1, 0.15) is 16.5 Å². The van der Waals surface area contributed by atoms with Crippen LogP contribution in [0.4, 0.5) is 5.82 Å². The highest BCUT2D eigenvalue weighted by Crippen LogP contribution is 2.23. The molecule has 0 spiro atoms. The number of thiophene rings is 1. The highest BCUT2D eigenvalue weighted by Gasteiger charge is 2.10. The number of rotatable bonds is 4. The van der Waals surface area contributed by atoms with Gasteiger partial charge in [-0.15, -0.1) is 11.3 Å². The molecular weight excluding hydrogens is 248 g/mol. The van der Waals surface area contributed by atoms with Crippen molar-refractivity contribution in [3.63, 3.8) is 0 Å². The van der Waals surface area contributed by atoms with Crippen molar-refractivity contribution in [2.45, 2.75) is 6.54 Å². The van der Waals surface area contributed by atoms with E-state index in [2.05, 4.69) is 9.97 Å². The molecule has 0 aliphatic heterocycles. The fraction of sp³-hybridized carbons (Fsp3) is 0.273. The monoisotopic (exact) mass is 258 g/mol. The molecule has 0 aromatic carbocycles. The van der Waals surface area contributed by atoms with Crippen molar-refractivity contribution in [2.75, 3.05) is 18.8 Å². The fourth-order valence-corrected chi connectivity index (χ4v) is 2.35. The van der Waals surface area contributed by atoms with E-state index in [1.165, 1.54) is 11.3 Å². The molecule has 0 saturated heterocycles. The highest BCUT2D eigenvalue weighted by molar-refractivity contribution is 7.16. The predicted molar refractivity (Wildman–Crippen MR) is 68.3 cm³/mol. The molecule has 2 heterocycles. The molecule has 18 heavy (non-hydrogen) atoms. The van der Waals surface area contributed by atoms with Crippen molar-refractivity contribution >= 4 is 27.4 Å². The van der Waals surface area contributed by atoms with Gasteiger partial charge in [-0.25, -0.2) is 9.97 Å². The van der Waals surface area contributed by atoms with Crippen molar-refractivity contribution in [1.82, 2.24) is 14.9 Å². The average molecular weight is 258 g/mol. The molecule has 0 bridgehead atoms. The van der Waals surface area contributed by atoms with E-state index in [-0.39, 0.29) is 13.1 Å². The van der Waals surface area contributed by atoms with E-state index in [1.807, 2.05) is 23.6 Å². The summed E-state index contributed by atoms with van der Waals surface area (Å²) >= 11 is 1.49. The maximum atomic E-state index is 8.67. The zero-order valence-electron chi connectivity index (χ0n) is 9.50. The number of aromatic nitrogens is 2. The molecule has 90 valence electrons. The summed E-state index contributed by atoms with van der Waals surface area (Å²) in [7, 11) is 0. The quantitative estimate of drug-likeness (QED) is 0.824. The molecular formula is C11H10N6S. The number of hydrogen-bond acceptors (Lipinski definition) is 7. The summed E-state index contributed by atoms with van der Waals surface area (Å²) in [6, 6.07) is 5.90. The minimum Gasteiger partial charge on any atom is -0.383 e. The van der Waals surface area contributed by atoms with Crippen LogP contribution in [-0.4, -0.2) is 28.0 Å². The molecule has 7 heteroatoms. The summed E-state index contributed by atoms with van der Waals surface area (Å²) in [5.41, 5.74) is 5.83. The first-order chi connectivity index (χ1) is 8.74. The molecule has 0 fully saturated rings. The van der Waals surface area contributed by atoms with Crippen molar-refractivity contribution in [2.24, 2.45) is 0 Å². The summed E-state index contributed by atoms with van der Waals surface area (Å²) in [5.74, 6) is 0.970. The lowest BCUT2D eigenvalue weighted by Crippen LogP contribution is -2.25. The number of nitrogens with two attached hydrogens (primary N) is 1. The summed E-state index contributed by atoms with van der Waals surface area (Å²) in [5, 5.41) is 20.1. The van der Waals surface area contributed by atoms with E-state index >= 15 is 0 Å². The van der Waals surface area contributed by atoms with E-state index in [0.29, 0.717) is 18.2 Å². The Balaban J connectivity index is 2.25. The first kappa shape index (κ1) is 12.2. The largest absolute Gasteiger partial charge is 0.383 e. The van der Waals surface area contributed by atoms with Crippen LogP contribution in [0, 0.1) is 22.7 Å². The Morgan fingerprint density at radius 3 is 2.67 bits per heavy atom. The molecule has 2 rings (SSSR count). The predicted octanol–water partition coefficient (Wildman–Crippen LogP) is 1.12. The van der Waals surface area contributed by atoms with Crippen LogP contribution in [0.25, 0.3) is 10.2 Å². The molecule has 2 aromatic rings. The zero-order valence-corrected chi connectivity index (χ0v) is 10.3. The zero-order chi connectivity index (χ0) is 13.0. The van der Waals surface area contributed by atoms with Crippen molar-refractivity contribution < 1.29 is 0 Å². The summed E-state index contributed by atoms with van der Waals surface area (Å²) in [4.78, 5) is 11.0. The second-order valence-electron chi connectivity index (χ2n) is 3.63. The van der Waals surface area contributed by atoms with E-state index < -0.39 is 0 Å². The van der Waals surface area contributed by atoms with Crippen LogP contribution in [0.15, 0.2) is 11.4 Å². The van der Waals surface area contributed by atoms with Gasteiger partial charge in [0, 0.05) is 0 Å². The number of nitriles is 2. The van der Waals surface area contributed by atoms with Crippen LogP contribution >= 0.6 is 11.3 Å². The molecule has 0 aliphatic carbocycles. The van der Waals surface area contributed by atoms with E-state index in [0.717, 1.165) is 10.2 Å². The van der Waals surface area contributed by atoms with Gasteiger partial charge in [0.05, 0.1) is 37.2 Å². The molecule has 0 radical (unpaired) electrons. The van der Waals surface area contributed by atoms with E-state index in [9.17, 15) is 0 Å². The Hall–Kier alpha value is -2.22. The molecule has 0 saturated carbocycles. The molecule has 0 amide bonds. The minimum atomic E-state index is 0.166. The van der Waals surface area contributed by atoms with Crippen molar-refractivity contribution in [3.8, 4) is 12.1 Å². The van der Waals surface area contributed by atoms with E-state index in [1.54, 1.807) is 4.90 Å². The SMILES string of the molecule is N#CCN(CC#N)Cc1nc(N)c2ccsc2n1. The van der Waals surface area contributed by atoms with Gasteiger partial charge in [-0.3, -0.25) is 4.90 Å². The van der Waals surface area contributed by atoms with Crippen LogP contribution in [0.1, 0.15) is 5.82 Å². The van der Waals surface area contributed by atoms with Crippen LogP contribution in [-0.2, 0) is 6.54 Å².